The van der Waals surface area contributed by atoms with Crippen LogP contribution in [-0.2, 0) is 16.4 Å². The van der Waals surface area contributed by atoms with E-state index in [9.17, 15) is 13.5 Å². The number of sulfonamides is 1. The predicted octanol–water partition coefficient (Wildman–Crippen LogP) is -0.294. The minimum absolute atomic E-state index is 0.167. The molecule has 0 spiro atoms. The molecular weight excluding hydrogens is 278 g/mol. The van der Waals surface area contributed by atoms with E-state index in [2.05, 4.69) is 5.32 Å². The third kappa shape index (κ3) is 2.83. The van der Waals surface area contributed by atoms with Gasteiger partial charge >= 0.3 is 0 Å². The maximum absolute atomic E-state index is 12.5. The maximum Gasteiger partial charge on any atom is 0.243 e. The van der Waals surface area contributed by atoms with Gasteiger partial charge in [-0.05, 0) is 17.7 Å². The molecule has 2 rings (SSSR count). The number of rotatable bonds is 4. The molecule has 0 aliphatic carbocycles. The Labute approximate surface area is 118 Å². The largest absolute Gasteiger partial charge is 0.390 e. The van der Waals surface area contributed by atoms with Crippen molar-refractivity contribution in [2.75, 3.05) is 20.1 Å². The first-order valence-electron chi connectivity index (χ1n) is 6.29. The van der Waals surface area contributed by atoms with Gasteiger partial charge in [-0.2, -0.15) is 9.57 Å². The Balaban J connectivity index is 2.23. The Bertz CT molecular complexity index is 607. The number of nitrogens with one attached hydrogen (secondary N) is 1. The van der Waals surface area contributed by atoms with Gasteiger partial charge in [0, 0.05) is 20.1 Å². The lowest BCUT2D eigenvalue weighted by Crippen LogP contribution is -2.44. The SMILES string of the molecule is CN([C@H]1CNC[C@@H]1O)S(=O)(=O)c1ccc(CC#N)cc1. The van der Waals surface area contributed by atoms with Gasteiger partial charge in [0.25, 0.3) is 0 Å². The third-order valence-corrected chi connectivity index (χ3v) is 5.40. The summed E-state index contributed by atoms with van der Waals surface area (Å²) in [6, 6.07) is 7.81. The highest BCUT2D eigenvalue weighted by atomic mass is 32.2. The quantitative estimate of drug-likeness (QED) is 0.796. The topological polar surface area (TPSA) is 93.4 Å². The number of benzene rings is 1. The average Bonchev–Trinajstić information content (AvgIpc) is 2.85. The van der Waals surface area contributed by atoms with Crippen molar-refractivity contribution >= 4 is 10.0 Å². The van der Waals surface area contributed by atoms with Crippen LogP contribution in [0.4, 0.5) is 0 Å². The monoisotopic (exact) mass is 295 g/mol. The summed E-state index contributed by atoms with van der Waals surface area (Å²) in [5.74, 6) is 0. The fourth-order valence-corrected chi connectivity index (χ4v) is 3.62. The molecule has 1 heterocycles. The van der Waals surface area contributed by atoms with Gasteiger partial charge in [0.05, 0.1) is 29.5 Å². The molecule has 0 unspecified atom stereocenters. The van der Waals surface area contributed by atoms with Crippen molar-refractivity contribution in [3.05, 3.63) is 29.8 Å². The molecule has 0 aromatic heterocycles. The van der Waals surface area contributed by atoms with E-state index in [4.69, 9.17) is 5.26 Å². The van der Waals surface area contributed by atoms with E-state index in [1.165, 1.54) is 23.5 Å². The highest BCUT2D eigenvalue weighted by Gasteiger charge is 2.35. The molecule has 1 aliphatic heterocycles. The summed E-state index contributed by atoms with van der Waals surface area (Å²) in [6.07, 6.45) is -0.450. The number of nitrogens with zero attached hydrogens (tertiary/aromatic N) is 2. The van der Waals surface area contributed by atoms with Crippen LogP contribution in [0.3, 0.4) is 0 Å². The van der Waals surface area contributed by atoms with Crippen LogP contribution in [0.15, 0.2) is 29.2 Å². The number of likely N-dealkylation sites (N-methyl/N-ethyl adjacent to an activating group) is 1. The van der Waals surface area contributed by atoms with Gasteiger partial charge in [-0.3, -0.25) is 0 Å². The van der Waals surface area contributed by atoms with E-state index in [-0.39, 0.29) is 11.3 Å². The lowest BCUT2D eigenvalue weighted by Gasteiger charge is -2.25. The summed E-state index contributed by atoms with van der Waals surface area (Å²) < 4.78 is 26.1. The van der Waals surface area contributed by atoms with E-state index in [1.54, 1.807) is 12.1 Å². The summed E-state index contributed by atoms with van der Waals surface area (Å²) in [5.41, 5.74) is 0.775. The summed E-state index contributed by atoms with van der Waals surface area (Å²) in [6.45, 7) is 0.828. The van der Waals surface area contributed by atoms with Gasteiger partial charge in [-0.1, -0.05) is 12.1 Å². The highest BCUT2D eigenvalue weighted by molar-refractivity contribution is 7.89. The van der Waals surface area contributed by atoms with Crippen LogP contribution in [0.5, 0.6) is 0 Å². The van der Waals surface area contributed by atoms with Crippen LogP contribution in [0.25, 0.3) is 0 Å². The van der Waals surface area contributed by atoms with Crippen molar-refractivity contribution in [3.8, 4) is 6.07 Å². The van der Waals surface area contributed by atoms with Gasteiger partial charge in [0.15, 0.2) is 0 Å². The van der Waals surface area contributed by atoms with E-state index in [1.807, 2.05) is 6.07 Å². The smallest absolute Gasteiger partial charge is 0.243 e. The van der Waals surface area contributed by atoms with Crippen LogP contribution in [0.2, 0.25) is 0 Å². The number of β-amino-alcohol motifs (C(OH)–C–C–N with tert-alkyl or cyclic N) is 1. The first-order valence-corrected chi connectivity index (χ1v) is 7.73. The molecule has 108 valence electrons. The normalized spacial score (nSPS) is 22.9. The van der Waals surface area contributed by atoms with Crippen LogP contribution in [-0.4, -0.2) is 50.1 Å². The van der Waals surface area contributed by atoms with Crippen LogP contribution in [0, 0.1) is 11.3 Å². The van der Waals surface area contributed by atoms with Crippen molar-refractivity contribution in [1.29, 1.82) is 5.26 Å². The van der Waals surface area contributed by atoms with Crippen molar-refractivity contribution in [3.63, 3.8) is 0 Å². The summed E-state index contributed by atoms with van der Waals surface area (Å²) >= 11 is 0. The second-order valence-electron chi connectivity index (χ2n) is 4.79. The average molecular weight is 295 g/mol. The summed E-state index contributed by atoms with van der Waals surface area (Å²) in [7, 11) is -2.16. The Kier molecular flexibility index (Phi) is 4.40. The summed E-state index contributed by atoms with van der Waals surface area (Å²) in [4.78, 5) is 0.167. The fraction of sp³-hybridized carbons (Fsp3) is 0.462. The lowest BCUT2D eigenvalue weighted by atomic mass is 10.2. The molecule has 20 heavy (non-hydrogen) atoms. The molecule has 1 aromatic rings. The summed E-state index contributed by atoms with van der Waals surface area (Å²) in [5, 5.41) is 21.3. The first kappa shape index (κ1) is 14.9. The van der Waals surface area contributed by atoms with Gasteiger partial charge in [-0.25, -0.2) is 8.42 Å². The van der Waals surface area contributed by atoms with Gasteiger partial charge in [0.1, 0.15) is 0 Å². The zero-order valence-corrected chi connectivity index (χ0v) is 12.0. The Morgan fingerprint density at radius 2 is 2.05 bits per heavy atom. The number of hydrogen-bond acceptors (Lipinski definition) is 5. The molecule has 1 aromatic carbocycles. The first-order chi connectivity index (χ1) is 9.46. The number of nitriles is 1. The molecule has 0 radical (unpaired) electrons. The molecule has 7 heteroatoms. The van der Waals surface area contributed by atoms with Gasteiger partial charge in [-0.15, -0.1) is 0 Å². The Morgan fingerprint density at radius 1 is 1.40 bits per heavy atom. The Morgan fingerprint density at radius 3 is 2.55 bits per heavy atom. The van der Waals surface area contributed by atoms with Crippen LogP contribution in [0.1, 0.15) is 5.56 Å². The zero-order valence-electron chi connectivity index (χ0n) is 11.2. The van der Waals surface area contributed by atoms with Gasteiger partial charge in [0.2, 0.25) is 10.0 Å². The van der Waals surface area contributed by atoms with Crippen LogP contribution < -0.4 is 5.32 Å². The molecule has 1 aliphatic rings. The van der Waals surface area contributed by atoms with E-state index in [0.717, 1.165) is 5.56 Å². The molecular formula is C13H17N3O3S. The zero-order chi connectivity index (χ0) is 14.8. The second-order valence-corrected chi connectivity index (χ2v) is 6.79. The predicted molar refractivity (Wildman–Crippen MR) is 73.4 cm³/mol. The minimum atomic E-state index is -3.64. The highest BCUT2D eigenvalue weighted by Crippen LogP contribution is 2.20. The lowest BCUT2D eigenvalue weighted by molar-refractivity contribution is 0.136. The molecule has 0 saturated carbocycles. The van der Waals surface area contributed by atoms with E-state index < -0.39 is 22.2 Å². The van der Waals surface area contributed by atoms with Crippen molar-refractivity contribution in [1.82, 2.24) is 9.62 Å². The molecule has 1 fully saturated rings. The van der Waals surface area contributed by atoms with E-state index >= 15 is 0 Å². The number of aliphatic hydroxyl groups is 1. The van der Waals surface area contributed by atoms with E-state index in [0.29, 0.717) is 13.1 Å². The van der Waals surface area contributed by atoms with Crippen molar-refractivity contribution in [2.45, 2.75) is 23.5 Å². The minimum Gasteiger partial charge on any atom is -0.390 e. The molecule has 0 amide bonds. The molecule has 0 bridgehead atoms. The number of hydrogen-bond donors (Lipinski definition) is 2. The van der Waals surface area contributed by atoms with Crippen LogP contribution >= 0.6 is 0 Å². The Hall–Kier alpha value is -1.46. The van der Waals surface area contributed by atoms with Gasteiger partial charge < -0.3 is 10.4 Å². The molecule has 1 saturated heterocycles. The second kappa shape index (κ2) is 5.89. The van der Waals surface area contributed by atoms with Crippen molar-refractivity contribution in [2.24, 2.45) is 0 Å². The number of aliphatic hydroxyl groups excluding tert-OH is 1. The third-order valence-electron chi connectivity index (χ3n) is 3.50. The fourth-order valence-electron chi connectivity index (χ4n) is 2.24. The molecule has 6 nitrogen and oxygen atoms in total. The maximum atomic E-state index is 12.5. The standard InChI is InChI=1S/C13H17N3O3S/c1-16(12-8-15-9-13(12)17)20(18,19)11-4-2-10(3-5-11)6-7-14/h2-5,12-13,15,17H,6,8-9H2,1H3/t12-,13-/m0/s1. The molecule has 2 atom stereocenters. The molecule has 2 N–H and O–H groups in total. The van der Waals surface area contributed by atoms with Crippen molar-refractivity contribution < 1.29 is 13.5 Å².